The molecule has 1 N–H and O–H groups in total. The van der Waals surface area contributed by atoms with Crippen LogP contribution in [0, 0.1) is 10.1 Å². The molecule has 1 fully saturated rings. The van der Waals surface area contributed by atoms with Crippen molar-refractivity contribution in [2.75, 3.05) is 0 Å². The summed E-state index contributed by atoms with van der Waals surface area (Å²) in [4.78, 5) is 41.4. The maximum Gasteiger partial charge on any atom is 0.407 e. The van der Waals surface area contributed by atoms with Gasteiger partial charge in [0.05, 0.1) is 12.1 Å². The molecule has 1 unspecified atom stereocenters. The minimum atomic E-state index is -1.63. The molecule has 29 heavy (non-hydrogen) atoms. The first-order valence-electron chi connectivity index (χ1n) is 8.47. The number of amides is 1. The van der Waals surface area contributed by atoms with Gasteiger partial charge in [0.25, 0.3) is 5.09 Å². The van der Waals surface area contributed by atoms with Crippen molar-refractivity contribution in [3.63, 3.8) is 0 Å². The third kappa shape index (κ3) is 6.23. The number of nitrogens with zero attached hydrogens (tertiary/aromatic N) is 4. The number of rotatable bonds is 7. The van der Waals surface area contributed by atoms with E-state index in [1.165, 1.54) is 6.92 Å². The number of benzene rings is 1. The first-order chi connectivity index (χ1) is 13.8. The van der Waals surface area contributed by atoms with Crippen LogP contribution in [0.3, 0.4) is 0 Å². The Morgan fingerprint density at radius 2 is 2.07 bits per heavy atom. The number of carbonyl (C=O) groups is 2. The number of azide groups is 1. The van der Waals surface area contributed by atoms with E-state index in [0.717, 1.165) is 12.5 Å². The lowest BCUT2D eigenvalue weighted by molar-refractivity contribution is -0.783. The van der Waals surface area contributed by atoms with Gasteiger partial charge in [0.2, 0.25) is 6.29 Å². The van der Waals surface area contributed by atoms with E-state index in [9.17, 15) is 19.7 Å². The van der Waals surface area contributed by atoms with E-state index in [4.69, 9.17) is 19.7 Å². The van der Waals surface area contributed by atoms with Crippen LogP contribution in [-0.2, 0) is 30.4 Å². The van der Waals surface area contributed by atoms with Gasteiger partial charge in [0, 0.05) is 11.8 Å². The molecule has 1 aromatic rings. The van der Waals surface area contributed by atoms with Crippen LogP contribution in [0.15, 0.2) is 35.4 Å². The fourth-order valence-corrected chi connectivity index (χ4v) is 2.80. The molecular weight excluding hydrogens is 390 g/mol. The van der Waals surface area contributed by atoms with Crippen molar-refractivity contribution >= 4 is 12.1 Å². The maximum atomic E-state index is 12.2. The van der Waals surface area contributed by atoms with E-state index in [2.05, 4.69) is 20.2 Å². The minimum absolute atomic E-state index is 0.0142. The number of ether oxygens (including phenoxy) is 3. The molecule has 1 saturated heterocycles. The topological polar surface area (TPSA) is 175 Å². The molecule has 0 aromatic heterocycles. The van der Waals surface area contributed by atoms with Crippen LogP contribution in [0.4, 0.5) is 4.79 Å². The second kappa shape index (κ2) is 10.1. The van der Waals surface area contributed by atoms with Crippen molar-refractivity contribution in [2.24, 2.45) is 5.11 Å². The van der Waals surface area contributed by atoms with Crippen LogP contribution >= 0.6 is 0 Å². The van der Waals surface area contributed by atoms with Crippen LogP contribution in [0.25, 0.3) is 10.4 Å². The fraction of sp³-hybridized carbons (Fsp3) is 0.500. The zero-order valence-electron chi connectivity index (χ0n) is 15.5. The van der Waals surface area contributed by atoms with Crippen molar-refractivity contribution in [2.45, 2.75) is 51.0 Å². The predicted molar refractivity (Wildman–Crippen MR) is 94.5 cm³/mol. The highest BCUT2D eigenvalue weighted by molar-refractivity contribution is 5.68. The van der Waals surface area contributed by atoms with Gasteiger partial charge in [-0.3, -0.25) is 9.63 Å². The Balaban J connectivity index is 2.16. The van der Waals surface area contributed by atoms with E-state index in [0.29, 0.717) is 0 Å². The first kappa shape index (κ1) is 21.7. The molecule has 0 aliphatic carbocycles. The van der Waals surface area contributed by atoms with Crippen LogP contribution in [0.5, 0.6) is 0 Å². The van der Waals surface area contributed by atoms with E-state index in [-0.39, 0.29) is 6.61 Å². The minimum Gasteiger partial charge on any atom is -0.460 e. The van der Waals surface area contributed by atoms with Crippen molar-refractivity contribution < 1.29 is 33.7 Å². The number of alkyl carbamates (subject to hydrolysis) is 1. The average molecular weight is 409 g/mol. The lowest BCUT2D eigenvalue weighted by Crippen LogP contribution is -2.64. The van der Waals surface area contributed by atoms with E-state index >= 15 is 0 Å². The molecule has 1 amide bonds. The van der Waals surface area contributed by atoms with Crippen molar-refractivity contribution in [3.05, 3.63) is 56.5 Å². The lowest BCUT2D eigenvalue weighted by atomic mass is 9.95. The Morgan fingerprint density at radius 3 is 2.66 bits per heavy atom. The summed E-state index contributed by atoms with van der Waals surface area (Å²) in [6.07, 6.45) is -4.67. The molecule has 0 bridgehead atoms. The monoisotopic (exact) mass is 409 g/mol. The summed E-state index contributed by atoms with van der Waals surface area (Å²) in [5, 5.41) is 15.5. The second-order valence-electron chi connectivity index (χ2n) is 6.04. The van der Waals surface area contributed by atoms with Crippen LogP contribution in [0.2, 0.25) is 0 Å². The highest BCUT2D eigenvalue weighted by Gasteiger charge is 2.48. The van der Waals surface area contributed by atoms with Crippen LogP contribution in [-0.4, -0.2) is 47.7 Å². The van der Waals surface area contributed by atoms with E-state index in [1.807, 2.05) is 6.07 Å². The molecular formula is C16H19N5O8. The molecule has 1 aromatic carbocycles. The van der Waals surface area contributed by atoms with Gasteiger partial charge in [-0.05, 0) is 18.0 Å². The molecule has 13 nitrogen and oxygen atoms in total. The van der Waals surface area contributed by atoms with Gasteiger partial charge in [-0.1, -0.05) is 35.4 Å². The number of hydrogen-bond donors (Lipinski definition) is 1. The van der Waals surface area contributed by atoms with Gasteiger partial charge < -0.3 is 19.5 Å². The molecule has 13 heteroatoms. The Bertz CT molecular complexity index is 785. The summed E-state index contributed by atoms with van der Waals surface area (Å²) in [6, 6.07) is 6.45. The first-order valence-corrected chi connectivity index (χ1v) is 8.47. The summed E-state index contributed by atoms with van der Waals surface area (Å²) < 4.78 is 15.6. The smallest absolute Gasteiger partial charge is 0.407 e. The number of esters is 1. The Hall–Kier alpha value is -3.57. The quantitative estimate of drug-likeness (QED) is 0.177. The third-order valence-electron chi connectivity index (χ3n) is 4.00. The van der Waals surface area contributed by atoms with Crippen LogP contribution < -0.4 is 5.32 Å². The third-order valence-corrected chi connectivity index (χ3v) is 4.00. The maximum absolute atomic E-state index is 12.2. The van der Waals surface area contributed by atoms with Gasteiger partial charge in [0.1, 0.15) is 18.8 Å². The molecule has 2 rings (SSSR count). The van der Waals surface area contributed by atoms with E-state index < -0.39 is 47.7 Å². The molecule has 0 saturated carbocycles. The summed E-state index contributed by atoms with van der Waals surface area (Å²) in [5.74, 6) is -0.758. The summed E-state index contributed by atoms with van der Waals surface area (Å²) in [5.41, 5.74) is 9.54. The Kier molecular flexibility index (Phi) is 7.57. The van der Waals surface area contributed by atoms with Gasteiger partial charge in [-0.25, -0.2) is 4.79 Å². The van der Waals surface area contributed by atoms with Crippen LogP contribution in [0.1, 0.15) is 19.4 Å². The zero-order chi connectivity index (χ0) is 21.4. The highest BCUT2D eigenvalue weighted by atomic mass is 17.0. The summed E-state index contributed by atoms with van der Waals surface area (Å²) in [7, 11) is 0. The zero-order valence-corrected chi connectivity index (χ0v) is 15.5. The molecule has 1 aliphatic heterocycles. The fourth-order valence-electron chi connectivity index (χ4n) is 2.80. The normalized spacial score (nSPS) is 25.8. The molecule has 0 spiro atoms. The molecule has 5 atom stereocenters. The molecule has 0 radical (unpaired) electrons. The van der Waals surface area contributed by atoms with Gasteiger partial charge in [0.15, 0.2) is 0 Å². The van der Waals surface area contributed by atoms with Crippen molar-refractivity contribution in [1.82, 2.24) is 5.32 Å². The Morgan fingerprint density at radius 1 is 1.38 bits per heavy atom. The van der Waals surface area contributed by atoms with E-state index in [1.54, 1.807) is 24.3 Å². The number of nitrogens with one attached hydrogen (secondary N) is 1. The second-order valence-corrected chi connectivity index (χ2v) is 6.04. The van der Waals surface area contributed by atoms with Gasteiger partial charge >= 0.3 is 12.1 Å². The largest absolute Gasteiger partial charge is 0.460 e. The van der Waals surface area contributed by atoms with Gasteiger partial charge in [-0.15, -0.1) is 10.1 Å². The predicted octanol–water partition coefficient (Wildman–Crippen LogP) is 1.85. The summed E-state index contributed by atoms with van der Waals surface area (Å²) in [6.45, 7) is 2.56. The Labute approximate surface area is 164 Å². The summed E-state index contributed by atoms with van der Waals surface area (Å²) >= 11 is 0. The number of hydrogen-bond acceptors (Lipinski definition) is 9. The lowest BCUT2D eigenvalue weighted by Gasteiger charge is -2.42. The molecule has 1 heterocycles. The average Bonchev–Trinajstić information content (AvgIpc) is 2.66. The molecule has 1 aliphatic rings. The SMILES string of the molecule is CC(=O)O[C@H]1[C@@H](NC(=O)OCc2ccccc2)[C@@H](C)OC(O[N+](=O)[O-])[C@@H]1N=[N+]=[N-]. The standard InChI is InChI=1S/C16H19N5O8/c1-9-12(18-16(23)26-8-11-6-4-3-5-7-11)14(28-10(2)22)13(19-20-17)15(27-9)29-21(24)25/h3-7,9,12-15H,8H2,1-2H3,(H,18,23)/t9-,12+,13-,14+,15?/m1/s1. The molecule has 156 valence electrons. The van der Waals surface area contributed by atoms with Crippen molar-refractivity contribution in [3.8, 4) is 0 Å². The van der Waals surface area contributed by atoms with Crippen molar-refractivity contribution in [1.29, 1.82) is 0 Å². The number of carbonyl (C=O) groups excluding carboxylic acids is 2. The van der Waals surface area contributed by atoms with Gasteiger partial charge in [-0.2, -0.15) is 0 Å². The highest BCUT2D eigenvalue weighted by Crippen LogP contribution is 2.27.